The van der Waals surface area contributed by atoms with Crippen molar-refractivity contribution in [2.45, 2.75) is 58.4 Å². The van der Waals surface area contributed by atoms with E-state index in [9.17, 15) is 9.59 Å². The van der Waals surface area contributed by atoms with Gasteiger partial charge in [-0.15, -0.1) is 0 Å². The van der Waals surface area contributed by atoms with Crippen LogP contribution in [0.3, 0.4) is 0 Å². The molecule has 0 bridgehead atoms. The highest BCUT2D eigenvalue weighted by molar-refractivity contribution is 5.85. The predicted molar refractivity (Wildman–Crippen MR) is 75.7 cm³/mol. The number of aliphatic carboxylic acids is 1. The lowest BCUT2D eigenvalue weighted by Crippen LogP contribution is -2.27. The standard InChI is InChI=1S/C14H28N2O3/c1-3-12(16)8-10(2)13(17)9-11(14(18)19)6-4-5-7-15/h10-12H,3-9,15-16H2,1-2H3,(H,18,19)/t10?,11-,12+/m1/s1. The first kappa shape index (κ1) is 18.1. The number of hydrogen-bond acceptors (Lipinski definition) is 4. The van der Waals surface area contributed by atoms with Crippen LogP contribution in [-0.4, -0.2) is 29.4 Å². The second-order valence-corrected chi connectivity index (χ2v) is 5.30. The molecule has 0 saturated carbocycles. The SMILES string of the molecule is CC[C@H](N)CC(C)C(=O)C[C@@H](CCCCN)C(=O)O. The van der Waals surface area contributed by atoms with E-state index in [1.165, 1.54) is 0 Å². The third-order valence-electron chi connectivity index (χ3n) is 3.53. The van der Waals surface area contributed by atoms with Crippen molar-refractivity contribution in [3.05, 3.63) is 0 Å². The first-order valence-electron chi connectivity index (χ1n) is 7.13. The van der Waals surface area contributed by atoms with E-state index in [2.05, 4.69) is 0 Å². The molecule has 0 aromatic carbocycles. The third kappa shape index (κ3) is 7.95. The molecule has 1 unspecified atom stereocenters. The van der Waals surface area contributed by atoms with Crippen LogP contribution >= 0.6 is 0 Å². The molecular weight excluding hydrogens is 244 g/mol. The summed E-state index contributed by atoms with van der Waals surface area (Å²) in [6, 6.07) is 0.0134. The Balaban J connectivity index is 4.25. The maximum absolute atomic E-state index is 12.0. The molecule has 0 aliphatic rings. The van der Waals surface area contributed by atoms with Gasteiger partial charge in [0, 0.05) is 18.4 Å². The van der Waals surface area contributed by atoms with Crippen molar-refractivity contribution in [1.29, 1.82) is 0 Å². The minimum absolute atomic E-state index is 0.00375. The van der Waals surface area contributed by atoms with Crippen LogP contribution in [0, 0.1) is 11.8 Å². The van der Waals surface area contributed by atoms with E-state index in [0.717, 1.165) is 19.3 Å². The van der Waals surface area contributed by atoms with Gasteiger partial charge in [-0.05, 0) is 32.2 Å². The molecule has 0 fully saturated rings. The number of Topliss-reactive ketones (excluding diaryl/α,β-unsaturated/α-hetero) is 1. The lowest BCUT2D eigenvalue weighted by atomic mass is 9.88. The summed E-state index contributed by atoms with van der Waals surface area (Å²) in [6.45, 7) is 4.37. The Hall–Kier alpha value is -0.940. The number of rotatable bonds is 11. The Bertz CT molecular complexity index is 282. The Labute approximate surface area is 115 Å². The van der Waals surface area contributed by atoms with Crippen LogP contribution in [0.15, 0.2) is 0 Å². The van der Waals surface area contributed by atoms with Crippen LogP contribution in [0.4, 0.5) is 0 Å². The fourth-order valence-electron chi connectivity index (χ4n) is 2.04. The van der Waals surface area contributed by atoms with Crippen LogP contribution in [0.2, 0.25) is 0 Å². The Morgan fingerprint density at radius 3 is 2.37 bits per heavy atom. The number of carbonyl (C=O) groups excluding carboxylic acids is 1. The van der Waals surface area contributed by atoms with E-state index < -0.39 is 11.9 Å². The Morgan fingerprint density at radius 2 is 1.89 bits per heavy atom. The molecule has 0 aliphatic heterocycles. The second-order valence-electron chi connectivity index (χ2n) is 5.30. The average Bonchev–Trinajstić information content (AvgIpc) is 2.36. The average molecular weight is 272 g/mol. The molecule has 0 aliphatic carbocycles. The van der Waals surface area contributed by atoms with Gasteiger partial charge in [-0.1, -0.05) is 20.3 Å². The van der Waals surface area contributed by atoms with Gasteiger partial charge in [-0.25, -0.2) is 0 Å². The van der Waals surface area contributed by atoms with E-state index >= 15 is 0 Å². The summed E-state index contributed by atoms with van der Waals surface area (Å²) in [6.07, 6.45) is 3.64. The van der Waals surface area contributed by atoms with Crippen LogP contribution < -0.4 is 11.5 Å². The number of hydrogen-bond donors (Lipinski definition) is 3. The molecule has 112 valence electrons. The van der Waals surface area contributed by atoms with Crippen molar-refractivity contribution in [3.63, 3.8) is 0 Å². The topological polar surface area (TPSA) is 106 Å². The smallest absolute Gasteiger partial charge is 0.306 e. The maximum Gasteiger partial charge on any atom is 0.306 e. The summed E-state index contributed by atoms with van der Waals surface area (Å²) in [5.41, 5.74) is 11.2. The first-order chi connectivity index (χ1) is 8.92. The van der Waals surface area contributed by atoms with Gasteiger partial charge in [0.15, 0.2) is 0 Å². The zero-order valence-corrected chi connectivity index (χ0v) is 12.1. The van der Waals surface area contributed by atoms with Crippen LogP contribution in [0.5, 0.6) is 0 Å². The van der Waals surface area contributed by atoms with E-state index in [1.807, 2.05) is 13.8 Å². The van der Waals surface area contributed by atoms with Gasteiger partial charge in [0.25, 0.3) is 0 Å². The third-order valence-corrected chi connectivity index (χ3v) is 3.53. The predicted octanol–water partition coefficient (Wildman–Crippen LogP) is 1.54. The fourth-order valence-corrected chi connectivity index (χ4v) is 2.04. The van der Waals surface area contributed by atoms with Crippen molar-refractivity contribution in [2.24, 2.45) is 23.3 Å². The maximum atomic E-state index is 12.0. The lowest BCUT2D eigenvalue weighted by molar-refractivity contribution is -0.144. The monoisotopic (exact) mass is 272 g/mol. The molecule has 19 heavy (non-hydrogen) atoms. The Kier molecular flexibility index (Phi) is 9.43. The van der Waals surface area contributed by atoms with Gasteiger partial charge in [-0.3, -0.25) is 9.59 Å². The van der Waals surface area contributed by atoms with E-state index in [0.29, 0.717) is 19.4 Å². The van der Waals surface area contributed by atoms with Gasteiger partial charge in [0.05, 0.1) is 5.92 Å². The molecule has 3 atom stereocenters. The van der Waals surface area contributed by atoms with Gasteiger partial charge < -0.3 is 16.6 Å². The minimum atomic E-state index is -0.891. The van der Waals surface area contributed by atoms with Crippen LogP contribution in [0.1, 0.15) is 52.4 Å². The number of nitrogens with two attached hydrogens (primary N) is 2. The summed E-state index contributed by atoms with van der Waals surface area (Å²) in [7, 11) is 0. The molecular formula is C14H28N2O3. The largest absolute Gasteiger partial charge is 0.481 e. The molecule has 0 saturated heterocycles. The molecule has 5 nitrogen and oxygen atoms in total. The second kappa shape index (κ2) is 9.92. The number of unbranched alkanes of at least 4 members (excludes halogenated alkanes) is 1. The van der Waals surface area contributed by atoms with Crippen molar-refractivity contribution < 1.29 is 14.7 Å². The normalized spacial score (nSPS) is 15.8. The molecule has 5 N–H and O–H groups in total. The summed E-state index contributed by atoms with van der Waals surface area (Å²) < 4.78 is 0. The highest BCUT2D eigenvalue weighted by Crippen LogP contribution is 2.18. The van der Waals surface area contributed by atoms with E-state index in [1.54, 1.807) is 0 Å². The van der Waals surface area contributed by atoms with Crippen molar-refractivity contribution >= 4 is 11.8 Å². The molecule has 0 radical (unpaired) electrons. The van der Waals surface area contributed by atoms with Gasteiger partial charge in [-0.2, -0.15) is 0 Å². The molecule has 0 heterocycles. The quantitative estimate of drug-likeness (QED) is 0.495. The van der Waals surface area contributed by atoms with Gasteiger partial charge in [0.2, 0.25) is 0 Å². The van der Waals surface area contributed by atoms with Crippen molar-refractivity contribution in [2.75, 3.05) is 6.54 Å². The van der Waals surface area contributed by atoms with Crippen LogP contribution in [0.25, 0.3) is 0 Å². The number of carboxylic acids is 1. The first-order valence-corrected chi connectivity index (χ1v) is 7.13. The summed E-state index contributed by atoms with van der Waals surface area (Å²) in [5, 5.41) is 9.12. The van der Waals surface area contributed by atoms with E-state index in [4.69, 9.17) is 16.6 Å². The van der Waals surface area contributed by atoms with Crippen molar-refractivity contribution in [3.8, 4) is 0 Å². The van der Waals surface area contributed by atoms with Crippen LogP contribution in [-0.2, 0) is 9.59 Å². The zero-order valence-electron chi connectivity index (χ0n) is 12.1. The highest BCUT2D eigenvalue weighted by atomic mass is 16.4. The molecule has 0 aromatic heterocycles. The Morgan fingerprint density at radius 1 is 1.26 bits per heavy atom. The van der Waals surface area contributed by atoms with Crippen molar-refractivity contribution in [1.82, 2.24) is 0 Å². The van der Waals surface area contributed by atoms with Gasteiger partial charge >= 0.3 is 5.97 Å². The zero-order chi connectivity index (χ0) is 14.8. The molecule has 0 rings (SSSR count). The molecule has 0 spiro atoms. The highest BCUT2D eigenvalue weighted by Gasteiger charge is 2.24. The molecule has 5 heteroatoms. The summed E-state index contributed by atoms with van der Waals surface area (Å²) >= 11 is 0. The number of carboxylic acid groups (broad SMARTS) is 1. The van der Waals surface area contributed by atoms with E-state index in [-0.39, 0.29) is 24.2 Å². The summed E-state index contributed by atoms with van der Waals surface area (Å²) in [5.74, 6) is -1.63. The fraction of sp³-hybridized carbons (Fsp3) is 0.857. The minimum Gasteiger partial charge on any atom is -0.481 e. The number of carbonyl (C=O) groups is 2. The lowest BCUT2D eigenvalue weighted by Gasteiger charge is -2.17. The summed E-state index contributed by atoms with van der Waals surface area (Å²) in [4.78, 5) is 23.1. The van der Waals surface area contributed by atoms with Gasteiger partial charge in [0.1, 0.15) is 5.78 Å². The molecule has 0 aromatic rings. The number of ketones is 1. The molecule has 0 amide bonds.